The van der Waals surface area contributed by atoms with Crippen molar-refractivity contribution >= 4 is 16.7 Å². The molecule has 6 nitrogen and oxygen atoms in total. The summed E-state index contributed by atoms with van der Waals surface area (Å²) < 4.78 is 6.97. The summed E-state index contributed by atoms with van der Waals surface area (Å²) in [7, 11) is 1.59. The molecule has 6 heteroatoms. The molecule has 3 aromatic rings. The molecule has 1 aromatic carbocycles. The topological polar surface area (TPSA) is 72.5 Å². The standard InChI is InChI=1S/C12H12N4O2/c1-3-10-14-15-11-12(17)13-8-6-7(18-2)4-5-9(8)16(10)11/h4-6H,3H2,1-2H3,(H,13,17). The van der Waals surface area contributed by atoms with Gasteiger partial charge in [-0.2, -0.15) is 0 Å². The monoisotopic (exact) mass is 244 g/mol. The molecule has 3 rings (SSSR count). The van der Waals surface area contributed by atoms with Gasteiger partial charge in [-0.25, -0.2) is 4.98 Å². The van der Waals surface area contributed by atoms with Gasteiger partial charge in [0.05, 0.1) is 18.1 Å². The van der Waals surface area contributed by atoms with E-state index in [0.29, 0.717) is 16.9 Å². The second kappa shape index (κ2) is 3.83. The van der Waals surface area contributed by atoms with E-state index in [9.17, 15) is 5.11 Å². The fraction of sp³-hybridized carbons (Fsp3) is 0.250. The van der Waals surface area contributed by atoms with Gasteiger partial charge in [-0.3, -0.25) is 4.40 Å². The van der Waals surface area contributed by atoms with Gasteiger partial charge in [-0.05, 0) is 12.1 Å². The number of hydrogen-bond acceptors (Lipinski definition) is 5. The van der Waals surface area contributed by atoms with Gasteiger partial charge in [0.25, 0.3) is 5.88 Å². The SMILES string of the molecule is CCc1nnc2c(O)nc3cc(OC)ccc3n12. The number of methoxy groups -OCH3 is 1. The van der Waals surface area contributed by atoms with Gasteiger partial charge >= 0.3 is 0 Å². The molecule has 0 spiro atoms. The van der Waals surface area contributed by atoms with Crippen molar-refractivity contribution in [3.8, 4) is 11.6 Å². The van der Waals surface area contributed by atoms with Gasteiger partial charge in [0.15, 0.2) is 0 Å². The summed E-state index contributed by atoms with van der Waals surface area (Å²) in [5, 5.41) is 17.9. The number of hydrogen-bond donors (Lipinski definition) is 1. The lowest BCUT2D eigenvalue weighted by molar-refractivity contribution is 0.415. The third-order valence-electron chi connectivity index (χ3n) is 2.90. The molecule has 0 radical (unpaired) electrons. The van der Waals surface area contributed by atoms with Gasteiger partial charge in [0.1, 0.15) is 11.6 Å². The van der Waals surface area contributed by atoms with Crippen molar-refractivity contribution < 1.29 is 9.84 Å². The van der Waals surface area contributed by atoms with Gasteiger partial charge in [-0.1, -0.05) is 6.92 Å². The predicted molar refractivity (Wildman–Crippen MR) is 65.9 cm³/mol. The Bertz CT molecular complexity index is 736. The fourth-order valence-corrected chi connectivity index (χ4v) is 2.02. The van der Waals surface area contributed by atoms with Gasteiger partial charge in [-0.15, -0.1) is 10.2 Å². The van der Waals surface area contributed by atoms with Crippen molar-refractivity contribution in [3.05, 3.63) is 24.0 Å². The van der Waals surface area contributed by atoms with Crippen LogP contribution in [0.3, 0.4) is 0 Å². The average Bonchev–Trinajstić information content (AvgIpc) is 2.82. The second-order valence-electron chi connectivity index (χ2n) is 3.92. The minimum Gasteiger partial charge on any atom is -0.497 e. The molecule has 0 atom stereocenters. The molecule has 0 aliphatic carbocycles. The van der Waals surface area contributed by atoms with Crippen molar-refractivity contribution in [3.63, 3.8) is 0 Å². The molecule has 92 valence electrons. The first-order chi connectivity index (χ1) is 8.74. The second-order valence-corrected chi connectivity index (χ2v) is 3.92. The zero-order chi connectivity index (χ0) is 12.7. The maximum atomic E-state index is 9.87. The van der Waals surface area contributed by atoms with Crippen molar-refractivity contribution in [1.29, 1.82) is 0 Å². The Labute approximate surface area is 103 Å². The van der Waals surface area contributed by atoms with Crippen molar-refractivity contribution in [2.75, 3.05) is 7.11 Å². The number of aryl methyl sites for hydroxylation is 1. The van der Waals surface area contributed by atoms with Crippen LogP contribution < -0.4 is 4.74 Å². The Kier molecular flexibility index (Phi) is 2.29. The van der Waals surface area contributed by atoms with E-state index in [1.807, 2.05) is 23.5 Å². The molecule has 0 amide bonds. The van der Waals surface area contributed by atoms with Crippen LogP contribution in [0.25, 0.3) is 16.7 Å². The molecule has 2 heterocycles. The Balaban J connectivity index is 2.47. The van der Waals surface area contributed by atoms with E-state index in [0.717, 1.165) is 17.8 Å². The first kappa shape index (κ1) is 10.8. The number of nitrogens with zero attached hydrogens (tertiary/aromatic N) is 4. The summed E-state index contributed by atoms with van der Waals surface area (Å²) in [6, 6.07) is 5.50. The van der Waals surface area contributed by atoms with Crippen LogP contribution in [0.5, 0.6) is 11.6 Å². The maximum Gasteiger partial charge on any atom is 0.258 e. The highest BCUT2D eigenvalue weighted by Crippen LogP contribution is 2.25. The number of benzene rings is 1. The highest BCUT2D eigenvalue weighted by Gasteiger charge is 2.13. The lowest BCUT2D eigenvalue weighted by Gasteiger charge is -2.06. The average molecular weight is 244 g/mol. The number of aromatic hydroxyl groups is 1. The molecule has 1 N–H and O–H groups in total. The third kappa shape index (κ3) is 1.38. The Hall–Kier alpha value is -2.37. The third-order valence-corrected chi connectivity index (χ3v) is 2.90. The van der Waals surface area contributed by atoms with Crippen LogP contribution in [-0.2, 0) is 6.42 Å². The predicted octanol–water partition coefficient (Wildman–Crippen LogP) is 1.55. The van der Waals surface area contributed by atoms with E-state index in [2.05, 4.69) is 15.2 Å². The molecule has 0 fully saturated rings. The fourth-order valence-electron chi connectivity index (χ4n) is 2.02. The van der Waals surface area contributed by atoms with E-state index >= 15 is 0 Å². The molecule has 0 aliphatic rings. The minimum atomic E-state index is -0.122. The van der Waals surface area contributed by atoms with Gasteiger partial charge in [0.2, 0.25) is 5.65 Å². The van der Waals surface area contributed by atoms with E-state index < -0.39 is 0 Å². The quantitative estimate of drug-likeness (QED) is 0.740. The van der Waals surface area contributed by atoms with Crippen LogP contribution in [0.4, 0.5) is 0 Å². The first-order valence-electron chi connectivity index (χ1n) is 5.65. The molecule has 0 saturated carbocycles. The van der Waals surface area contributed by atoms with E-state index in [4.69, 9.17) is 4.74 Å². The zero-order valence-corrected chi connectivity index (χ0v) is 10.1. The molecular formula is C12H12N4O2. The van der Waals surface area contributed by atoms with Crippen LogP contribution in [0.2, 0.25) is 0 Å². The lowest BCUT2D eigenvalue weighted by Crippen LogP contribution is -1.97. The number of fused-ring (bicyclic) bond motifs is 3. The first-order valence-corrected chi connectivity index (χ1v) is 5.65. The van der Waals surface area contributed by atoms with Crippen LogP contribution >= 0.6 is 0 Å². The summed E-state index contributed by atoms with van der Waals surface area (Å²) in [5.41, 5.74) is 1.88. The van der Waals surface area contributed by atoms with E-state index in [1.54, 1.807) is 13.2 Å². The Morgan fingerprint density at radius 3 is 2.89 bits per heavy atom. The summed E-state index contributed by atoms with van der Waals surface area (Å²) in [4.78, 5) is 4.11. The van der Waals surface area contributed by atoms with Crippen molar-refractivity contribution in [1.82, 2.24) is 19.6 Å². The number of rotatable bonds is 2. The molecule has 18 heavy (non-hydrogen) atoms. The van der Waals surface area contributed by atoms with Crippen molar-refractivity contribution in [2.24, 2.45) is 0 Å². The van der Waals surface area contributed by atoms with E-state index in [1.165, 1.54) is 0 Å². The number of ether oxygens (including phenoxy) is 1. The minimum absolute atomic E-state index is 0.122. The largest absolute Gasteiger partial charge is 0.497 e. The number of aromatic nitrogens is 4. The van der Waals surface area contributed by atoms with E-state index in [-0.39, 0.29) is 5.88 Å². The van der Waals surface area contributed by atoms with Gasteiger partial charge < -0.3 is 9.84 Å². The maximum absolute atomic E-state index is 9.87. The summed E-state index contributed by atoms with van der Waals surface area (Å²) in [6.07, 6.45) is 0.728. The van der Waals surface area contributed by atoms with Crippen LogP contribution in [0.1, 0.15) is 12.7 Å². The highest BCUT2D eigenvalue weighted by molar-refractivity contribution is 5.81. The summed E-state index contributed by atoms with van der Waals surface area (Å²) in [6.45, 7) is 1.99. The normalized spacial score (nSPS) is 11.2. The summed E-state index contributed by atoms with van der Waals surface area (Å²) >= 11 is 0. The lowest BCUT2D eigenvalue weighted by atomic mass is 10.2. The van der Waals surface area contributed by atoms with Gasteiger partial charge in [0, 0.05) is 12.5 Å². The van der Waals surface area contributed by atoms with Crippen molar-refractivity contribution in [2.45, 2.75) is 13.3 Å². The molecule has 0 saturated heterocycles. The Morgan fingerprint density at radius 1 is 1.33 bits per heavy atom. The highest BCUT2D eigenvalue weighted by atomic mass is 16.5. The molecule has 2 aromatic heterocycles. The molecule has 0 aliphatic heterocycles. The molecular weight excluding hydrogens is 232 g/mol. The van der Waals surface area contributed by atoms with Crippen LogP contribution in [0, 0.1) is 0 Å². The molecule has 0 unspecified atom stereocenters. The summed E-state index contributed by atoms with van der Waals surface area (Å²) in [5.74, 6) is 1.36. The smallest absolute Gasteiger partial charge is 0.258 e. The zero-order valence-electron chi connectivity index (χ0n) is 10.1. The Morgan fingerprint density at radius 2 is 2.17 bits per heavy atom. The van der Waals surface area contributed by atoms with Crippen LogP contribution in [0.15, 0.2) is 18.2 Å². The molecule has 0 bridgehead atoms. The van der Waals surface area contributed by atoms with Crippen LogP contribution in [-0.4, -0.2) is 31.8 Å².